The number of nitrogens with two attached hydrogens (primary N) is 1. The van der Waals surface area contributed by atoms with Gasteiger partial charge in [0.2, 0.25) is 0 Å². The number of hydrogen-bond donors (Lipinski definition) is 2. The summed E-state index contributed by atoms with van der Waals surface area (Å²) in [6.45, 7) is 4.18. The Morgan fingerprint density at radius 3 is 2.83 bits per heavy atom. The highest BCUT2D eigenvalue weighted by Crippen LogP contribution is 2.29. The predicted molar refractivity (Wildman–Crippen MR) is 74.9 cm³/mol. The van der Waals surface area contributed by atoms with Crippen LogP contribution in [0.25, 0.3) is 0 Å². The molecule has 1 aliphatic rings. The van der Waals surface area contributed by atoms with E-state index in [0.29, 0.717) is 0 Å². The maximum absolute atomic E-state index is 5.76. The van der Waals surface area contributed by atoms with E-state index in [1.165, 1.54) is 42.4 Å². The quantitative estimate of drug-likeness (QED) is 0.489. The Hall–Kier alpha value is -1.19. The third-order valence-corrected chi connectivity index (χ3v) is 3.64. The summed E-state index contributed by atoms with van der Waals surface area (Å²) in [5.74, 6) is 5.76. The van der Waals surface area contributed by atoms with Crippen molar-refractivity contribution >= 4 is 0 Å². The second-order valence-electron chi connectivity index (χ2n) is 5.19. The Kier molecular flexibility index (Phi) is 4.50. The lowest BCUT2D eigenvalue weighted by atomic mass is 9.96. The molecule has 0 bridgehead atoms. The second kappa shape index (κ2) is 6.12. The fraction of sp³-hybridized carbons (Fsp3) is 0.533. The van der Waals surface area contributed by atoms with Crippen LogP contribution in [0.3, 0.4) is 0 Å². The molecule has 1 heterocycles. The molecule has 0 amide bonds. The van der Waals surface area contributed by atoms with Crippen molar-refractivity contribution < 1.29 is 0 Å². The average molecular weight is 245 g/mol. The maximum Gasteiger partial charge on any atom is 0.0844 e. The normalized spacial score (nSPS) is 18.1. The minimum atomic E-state index is 0.0729. The van der Waals surface area contributed by atoms with Crippen molar-refractivity contribution in [2.24, 2.45) is 5.84 Å². The van der Waals surface area contributed by atoms with E-state index in [2.05, 4.69) is 36.4 Å². The molecular formula is C15H23N3. The molecule has 0 spiro atoms. The van der Waals surface area contributed by atoms with Crippen LogP contribution >= 0.6 is 0 Å². The second-order valence-corrected chi connectivity index (χ2v) is 5.19. The molecule has 0 saturated heterocycles. The zero-order valence-corrected chi connectivity index (χ0v) is 11.4. The summed E-state index contributed by atoms with van der Waals surface area (Å²) in [7, 11) is 0. The first-order valence-corrected chi connectivity index (χ1v) is 6.80. The molecule has 0 fully saturated rings. The first-order valence-electron chi connectivity index (χ1n) is 6.80. The maximum atomic E-state index is 5.76. The van der Waals surface area contributed by atoms with Crippen molar-refractivity contribution in [1.29, 1.82) is 0 Å². The van der Waals surface area contributed by atoms with E-state index < -0.39 is 0 Å². The van der Waals surface area contributed by atoms with Crippen LogP contribution in [0.2, 0.25) is 0 Å². The van der Waals surface area contributed by atoms with Crippen molar-refractivity contribution in [1.82, 2.24) is 10.4 Å². The van der Waals surface area contributed by atoms with Crippen LogP contribution in [0.4, 0.5) is 0 Å². The summed E-state index contributed by atoms with van der Waals surface area (Å²) >= 11 is 0. The SMILES string of the molecule is Cc1cnc(C(NN)C2=CCCCCC2)c(C)c1. The molecule has 0 aliphatic heterocycles. The summed E-state index contributed by atoms with van der Waals surface area (Å²) < 4.78 is 0. The number of aromatic nitrogens is 1. The number of rotatable bonds is 3. The van der Waals surface area contributed by atoms with E-state index in [0.717, 1.165) is 12.1 Å². The van der Waals surface area contributed by atoms with Gasteiger partial charge in [-0.2, -0.15) is 0 Å². The molecule has 1 atom stereocenters. The van der Waals surface area contributed by atoms with Crippen LogP contribution in [-0.4, -0.2) is 4.98 Å². The lowest BCUT2D eigenvalue weighted by Gasteiger charge is -2.20. The van der Waals surface area contributed by atoms with Gasteiger partial charge in [-0.1, -0.05) is 24.1 Å². The van der Waals surface area contributed by atoms with Gasteiger partial charge in [0.1, 0.15) is 0 Å². The zero-order valence-electron chi connectivity index (χ0n) is 11.4. The Bertz CT molecular complexity index is 437. The average Bonchev–Trinajstić information content (AvgIpc) is 2.62. The summed E-state index contributed by atoms with van der Waals surface area (Å²) in [5, 5.41) is 0. The molecule has 3 heteroatoms. The number of pyridine rings is 1. The van der Waals surface area contributed by atoms with Crippen molar-refractivity contribution in [2.75, 3.05) is 0 Å². The monoisotopic (exact) mass is 245 g/mol. The third-order valence-electron chi connectivity index (χ3n) is 3.64. The van der Waals surface area contributed by atoms with Gasteiger partial charge in [0.05, 0.1) is 11.7 Å². The number of nitrogens with zero attached hydrogens (tertiary/aromatic N) is 1. The highest BCUT2D eigenvalue weighted by atomic mass is 15.2. The largest absolute Gasteiger partial charge is 0.271 e. The molecule has 3 nitrogen and oxygen atoms in total. The van der Waals surface area contributed by atoms with Crippen LogP contribution in [0.15, 0.2) is 23.9 Å². The number of nitrogens with one attached hydrogen (secondary N) is 1. The Balaban J connectivity index is 2.29. The molecule has 2 rings (SSSR count). The van der Waals surface area contributed by atoms with Gasteiger partial charge in [-0.05, 0) is 50.7 Å². The fourth-order valence-corrected chi connectivity index (χ4v) is 2.69. The highest BCUT2D eigenvalue weighted by molar-refractivity contribution is 5.31. The smallest absolute Gasteiger partial charge is 0.0844 e. The minimum Gasteiger partial charge on any atom is -0.271 e. The lowest BCUT2D eigenvalue weighted by molar-refractivity contribution is 0.577. The van der Waals surface area contributed by atoms with E-state index in [1.54, 1.807) is 0 Å². The summed E-state index contributed by atoms with van der Waals surface area (Å²) in [6, 6.07) is 2.24. The van der Waals surface area contributed by atoms with E-state index in [1.807, 2.05) is 6.20 Å². The molecular weight excluding hydrogens is 222 g/mol. The topological polar surface area (TPSA) is 50.9 Å². The molecule has 98 valence electrons. The molecule has 0 aromatic carbocycles. The van der Waals surface area contributed by atoms with Gasteiger partial charge in [-0.25, -0.2) is 5.43 Å². The van der Waals surface area contributed by atoms with E-state index in [9.17, 15) is 0 Å². The van der Waals surface area contributed by atoms with Gasteiger partial charge in [0, 0.05) is 6.20 Å². The van der Waals surface area contributed by atoms with Gasteiger partial charge in [0.15, 0.2) is 0 Å². The van der Waals surface area contributed by atoms with Crippen molar-refractivity contribution in [2.45, 2.75) is 52.0 Å². The van der Waals surface area contributed by atoms with Gasteiger partial charge in [0.25, 0.3) is 0 Å². The Morgan fingerprint density at radius 2 is 2.11 bits per heavy atom. The number of hydrazine groups is 1. The van der Waals surface area contributed by atoms with Crippen LogP contribution < -0.4 is 11.3 Å². The van der Waals surface area contributed by atoms with Crippen LogP contribution in [0, 0.1) is 13.8 Å². The zero-order chi connectivity index (χ0) is 13.0. The molecule has 1 aromatic rings. The molecule has 3 N–H and O–H groups in total. The van der Waals surface area contributed by atoms with Gasteiger partial charge in [-0.3, -0.25) is 10.8 Å². The summed E-state index contributed by atoms with van der Waals surface area (Å²) in [5.41, 5.74) is 7.82. The lowest BCUT2D eigenvalue weighted by Crippen LogP contribution is -2.30. The van der Waals surface area contributed by atoms with Crippen LogP contribution in [0.5, 0.6) is 0 Å². The fourth-order valence-electron chi connectivity index (χ4n) is 2.69. The van der Waals surface area contributed by atoms with Crippen molar-refractivity contribution in [3.63, 3.8) is 0 Å². The predicted octanol–water partition coefficient (Wildman–Crippen LogP) is 3.09. The highest BCUT2D eigenvalue weighted by Gasteiger charge is 2.19. The van der Waals surface area contributed by atoms with Crippen molar-refractivity contribution in [3.05, 3.63) is 40.7 Å². The molecule has 0 saturated carbocycles. The number of hydrogen-bond acceptors (Lipinski definition) is 3. The minimum absolute atomic E-state index is 0.0729. The number of allylic oxidation sites excluding steroid dienone is 1. The molecule has 1 aliphatic carbocycles. The molecule has 1 unspecified atom stereocenters. The standard InChI is InChI=1S/C15H23N3/c1-11-9-12(2)14(17-10-11)15(18-16)13-7-5-3-4-6-8-13/h7,9-10,15,18H,3-6,8,16H2,1-2H3. The van der Waals surface area contributed by atoms with E-state index in [4.69, 9.17) is 5.84 Å². The Labute approximate surface area is 109 Å². The van der Waals surface area contributed by atoms with E-state index in [-0.39, 0.29) is 6.04 Å². The Morgan fingerprint density at radius 1 is 1.28 bits per heavy atom. The van der Waals surface area contributed by atoms with E-state index >= 15 is 0 Å². The van der Waals surface area contributed by atoms with Gasteiger partial charge < -0.3 is 0 Å². The van der Waals surface area contributed by atoms with Gasteiger partial charge >= 0.3 is 0 Å². The third kappa shape index (κ3) is 2.98. The molecule has 18 heavy (non-hydrogen) atoms. The van der Waals surface area contributed by atoms with Crippen LogP contribution in [0.1, 0.15) is 55.0 Å². The van der Waals surface area contributed by atoms with Gasteiger partial charge in [-0.15, -0.1) is 0 Å². The van der Waals surface area contributed by atoms with Crippen LogP contribution in [-0.2, 0) is 0 Å². The molecule has 0 radical (unpaired) electrons. The van der Waals surface area contributed by atoms with Crippen molar-refractivity contribution in [3.8, 4) is 0 Å². The first-order chi connectivity index (χ1) is 8.72. The molecule has 1 aromatic heterocycles. The summed E-state index contributed by atoms with van der Waals surface area (Å²) in [6.07, 6.45) is 10.4. The number of aryl methyl sites for hydroxylation is 2. The first kappa shape index (κ1) is 13.2. The summed E-state index contributed by atoms with van der Waals surface area (Å²) in [4.78, 5) is 4.57.